The van der Waals surface area contributed by atoms with Crippen molar-refractivity contribution in [1.82, 2.24) is 20.9 Å². The number of rotatable bonds is 11. The standard InChI is InChI=1S/C27H32F2N4O5/c1-17(32-25(36)19-8-11-27(28,29)12-9-19)24(35)33-22(14-18-6-4-3-5-7-18)23(34)26(37)31-16-20-15-21(38-2)10-13-30-20/h3-7,10,13,15,17,19,22H,8-9,11-12,14,16H2,1-2H3,(H,31,37)(H,32,36)(H,33,35)/t17-,22-/m1/s1. The Balaban J connectivity index is 1.62. The maximum atomic E-state index is 13.4. The number of ketones is 1. The Labute approximate surface area is 219 Å². The first-order valence-corrected chi connectivity index (χ1v) is 12.4. The Hall–Kier alpha value is -3.89. The van der Waals surface area contributed by atoms with Crippen molar-refractivity contribution in [3.8, 4) is 5.75 Å². The normalized spacial score (nSPS) is 16.5. The molecule has 0 unspecified atom stereocenters. The third-order valence-electron chi connectivity index (χ3n) is 6.43. The first kappa shape index (κ1) is 28.7. The van der Waals surface area contributed by atoms with Crippen LogP contribution in [0.2, 0.25) is 0 Å². The van der Waals surface area contributed by atoms with Gasteiger partial charge in [0.05, 0.1) is 19.3 Å². The lowest BCUT2D eigenvalue weighted by Gasteiger charge is -2.28. The zero-order chi connectivity index (χ0) is 27.7. The van der Waals surface area contributed by atoms with Gasteiger partial charge in [-0.2, -0.15) is 0 Å². The molecule has 0 spiro atoms. The molecule has 38 heavy (non-hydrogen) atoms. The molecule has 0 saturated heterocycles. The molecular formula is C27H32F2N4O5. The molecule has 1 heterocycles. The molecule has 0 radical (unpaired) electrons. The lowest BCUT2D eigenvalue weighted by atomic mass is 9.86. The van der Waals surface area contributed by atoms with Crippen molar-refractivity contribution in [3.05, 3.63) is 59.9 Å². The summed E-state index contributed by atoms with van der Waals surface area (Å²) in [5, 5.41) is 7.62. The third kappa shape index (κ3) is 8.32. The second kappa shape index (κ2) is 13.1. The van der Waals surface area contributed by atoms with Crippen molar-refractivity contribution >= 4 is 23.5 Å². The summed E-state index contributed by atoms with van der Waals surface area (Å²) in [6.07, 6.45) is 0.873. The molecule has 3 N–H and O–H groups in total. The SMILES string of the molecule is COc1ccnc(CNC(=O)C(=O)[C@@H](Cc2ccccc2)NC(=O)[C@@H](C)NC(=O)C2CCC(F)(F)CC2)c1. The molecule has 0 aliphatic heterocycles. The van der Waals surface area contributed by atoms with Crippen molar-refractivity contribution in [2.75, 3.05) is 7.11 Å². The number of methoxy groups -OCH3 is 1. The first-order valence-electron chi connectivity index (χ1n) is 12.4. The number of alkyl halides is 2. The molecule has 1 saturated carbocycles. The molecule has 3 rings (SSSR count). The van der Waals surface area contributed by atoms with Crippen molar-refractivity contribution < 1.29 is 32.7 Å². The van der Waals surface area contributed by atoms with E-state index in [1.807, 2.05) is 0 Å². The van der Waals surface area contributed by atoms with Gasteiger partial charge in [-0.15, -0.1) is 0 Å². The fourth-order valence-electron chi connectivity index (χ4n) is 4.15. The maximum absolute atomic E-state index is 13.4. The molecule has 1 aromatic carbocycles. The summed E-state index contributed by atoms with van der Waals surface area (Å²) in [6.45, 7) is 1.41. The Bertz CT molecular complexity index is 1140. The number of Topliss-reactive ketones (excluding diaryl/α,β-unsaturated/α-hetero) is 1. The number of benzene rings is 1. The van der Waals surface area contributed by atoms with E-state index in [0.717, 1.165) is 0 Å². The van der Waals surface area contributed by atoms with Gasteiger partial charge in [-0.3, -0.25) is 24.2 Å². The van der Waals surface area contributed by atoms with E-state index in [1.54, 1.807) is 42.5 Å². The molecule has 204 valence electrons. The Morgan fingerprint density at radius 2 is 1.76 bits per heavy atom. The molecule has 9 nitrogen and oxygen atoms in total. The molecule has 2 aromatic rings. The molecule has 1 aliphatic carbocycles. The van der Waals surface area contributed by atoms with Gasteiger partial charge in [-0.05, 0) is 31.4 Å². The number of nitrogens with one attached hydrogen (secondary N) is 3. The van der Waals surface area contributed by atoms with Gasteiger partial charge >= 0.3 is 0 Å². The van der Waals surface area contributed by atoms with E-state index in [9.17, 15) is 28.0 Å². The smallest absolute Gasteiger partial charge is 0.289 e. The van der Waals surface area contributed by atoms with Gasteiger partial charge in [0, 0.05) is 37.4 Å². The number of carbonyl (C=O) groups excluding carboxylic acids is 4. The minimum atomic E-state index is -2.77. The van der Waals surface area contributed by atoms with Gasteiger partial charge in [-0.25, -0.2) is 8.78 Å². The molecule has 1 aromatic heterocycles. The number of nitrogens with zero attached hydrogens (tertiary/aromatic N) is 1. The van der Waals surface area contributed by atoms with Crippen LogP contribution in [0, 0.1) is 5.92 Å². The quantitative estimate of drug-likeness (QED) is 0.383. The van der Waals surface area contributed by atoms with Crippen LogP contribution < -0.4 is 20.7 Å². The number of carbonyl (C=O) groups is 4. The van der Waals surface area contributed by atoms with E-state index in [2.05, 4.69) is 20.9 Å². The molecule has 1 aliphatic rings. The van der Waals surface area contributed by atoms with Crippen LogP contribution in [0.3, 0.4) is 0 Å². The van der Waals surface area contributed by atoms with Crippen molar-refractivity contribution in [3.63, 3.8) is 0 Å². The van der Waals surface area contributed by atoms with Gasteiger partial charge in [0.15, 0.2) is 0 Å². The van der Waals surface area contributed by atoms with E-state index in [-0.39, 0.29) is 38.6 Å². The fourth-order valence-corrected chi connectivity index (χ4v) is 4.15. The van der Waals surface area contributed by atoms with Gasteiger partial charge < -0.3 is 20.7 Å². The highest BCUT2D eigenvalue weighted by Gasteiger charge is 2.38. The molecule has 0 bridgehead atoms. The van der Waals surface area contributed by atoms with E-state index >= 15 is 0 Å². The van der Waals surface area contributed by atoms with Gasteiger partial charge in [0.1, 0.15) is 17.8 Å². The number of amides is 3. The highest BCUT2D eigenvalue weighted by atomic mass is 19.3. The fraction of sp³-hybridized carbons (Fsp3) is 0.444. The minimum Gasteiger partial charge on any atom is -0.497 e. The Morgan fingerprint density at radius 1 is 1.08 bits per heavy atom. The highest BCUT2D eigenvalue weighted by Crippen LogP contribution is 2.36. The molecule has 2 atom stereocenters. The van der Waals surface area contributed by atoms with E-state index in [1.165, 1.54) is 20.2 Å². The lowest BCUT2D eigenvalue weighted by Crippen LogP contribution is -2.54. The maximum Gasteiger partial charge on any atom is 0.289 e. The monoisotopic (exact) mass is 530 g/mol. The number of hydrogen-bond acceptors (Lipinski definition) is 6. The number of ether oxygens (including phenoxy) is 1. The first-order chi connectivity index (χ1) is 18.1. The van der Waals surface area contributed by atoms with Crippen molar-refractivity contribution in [2.24, 2.45) is 5.92 Å². The van der Waals surface area contributed by atoms with E-state index in [4.69, 9.17) is 4.74 Å². The summed E-state index contributed by atoms with van der Waals surface area (Å²) >= 11 is 0. The topological polar surface area (TPSA) is 126 Å². The summed E-state index contributed by atoms with van der Waals surface area (Å²) in [4.78, 5) is 55.3. The summed E-state index contributed by atoms with van der Waals surface area (Å²) in [7, 11) is 1.50. The second-order valence-electron chi connectivity index (χ2n) is 9.35. The average Bonchev–Trinajstić information content (AvgIpc) is 2.91. The summed E-state index contributed by atoms with van der Waals surface area (Å²) in [6, 6.07) is 9.87. The van der Waals surface area contributed by atoms with Gasteiger partial charge in [-0.1, -0.05) is 30.3 Å². The molecule has 11 heteroatoms. The average molecular weight is 531 g/mol. The predicted molar refractivity (Wildman–Crippen MR) is 134 cm³/mol. The van der Waals surface area contributed by atoms with Crippen LogP contribution in [0.1, 0.15) is 43.9 Å². The predicted octanol–water partition coefficient (Wildman–Crippen LogP) is 2.33. The number of halogens is 2. The second-order valence-corrected chi connectivity index (χ2v) is 9.35. The zero-order valence-corrected chi connectivity index (χ0v) is 21.3. The molecule has 1 fully saturated rings. The highest BCUT2D eigenvalue weighted by molar-refractivity contribution is 6.38. The van der Waals surface area contributed by atoms with Crippen molar-refractivity contribution in [1.29, 1.82) is 0 Å². The molecular weight excluding hydrogens is 498 g/mol. The van der Waals surface area contributed by atoms with E-state index < -0.39 is 47.4 Å². The van der Waals surface area contributed by atoms with Gasteiger partial charge in [0.25, 0.3) is 5.91 Å². The van der Waals surface area contributed by atoms with Crippen LogP contribution in [0.15, 0.2) is 48.7 Å². The van der Waals surface area contributed by atoms with Crippen LogP contribution in [0.5, 0.6) is 5.75 Å². The Kier molecular flexibility index (Phi) is 9.86. The summed E-state index contributed by atoms with van der Waals surface area (Å²) < 4.78 is 31.9. The van der Waals surface area contributed by atoms with Crippen LogP contribution >= 0.6 is 0 Å². The van der Waals surface area contributed by atoms with Crippen LogP contribution in [-0.2, 0) is 32.1 Å². The largest absolute Gasteiger partial charge is 0.497 e. The van der Waals surface area contributed by atoms with Crippen LogP contribution in [0.25, 0.3) is 0 Å². The summed E-state index contributed by atoms with van der Waals surface area (Å²) in [5.41, 5.74) is 1.19. The number of pyridine rings is 1. The van der Waals surface area contributed by atoms with Crippen LogP contribution in [-0.4, -0.2) is 53.6 Å². The number of hydrogen-bond donors (Lipinski definition) is 3. The molecule has 3 amide bonds. The van der Waals surface area contributed by atoms with Gasteiger partial charge in [0.2, 0.25) is 23.5 Å². The Morgan fingerprint density at radius 3 is 2.42 bits per heavy atom. The minimum absolute atomic E-state index is 0.0271. The van der Waals surface area contributed by atoms with Crippen LogP contribution in [0.4, 0.5) is 8.78 Å². The van der Waals surface area contributed by atoms with E-state index in [0.29, 0.717) is 17.0 Å². The zero-order valence-electron chi connectivity index (χ0n) is 21.3. The van der Waals surface area contributed by atoms with Crippen molar-refractivity contribution in [2.45, 2.75) is 63.6 Å². The lowest BCUT2D eigenvalue weighted by molar-refractivity contribution is -0.140. The number of aromatic nitrogens is 1. The third-order valence-corrected chi connectivity index (χ3v) is 6.43. The summed E-state index contributed by atoms with van der Waals surface area (Å²) in [5.74, 6) is -5.76.